The Bertz CT molecular complexity index is 554. The SMILES string of the molecule is O=C(OCc1ccc(Br)cc1F)C(O)(C(F)(F)F)C(F)(F)F. The lowest BCUT2D eigenvalue weighted by atomic mass is 10.0. The van der Waals surface area contributed by atoms with Crippen LogP contribution in [0.25, 0.3) is 0 Å². The van der Waals surface area contributed by atoms with E-state index in [-0.39, 0.29) is 4.47 Å². The number of aliphatic hydroxyl groups is 1. The minimum Gasteiger partial charge on any atom is -0.458 e. The molecule has 0 heterocycles. The smallest absolute Gasteiger partial charge is 0.437 e. The van der Waals surface area contributed by atoms with Crippen molar-refractivity contribution in [2.75, 3.05) is 0 Å². The fourth-order valence-electron chi connectivity index (χ4n) is 1.28. The minimum absolute atomic E-state index is 0.252. The van der Waals surface area contributed by atoms with Crippen LogP contribution in [0.15, 0.2) is 22.7 Å². The van der Waals surface area contributed by atoms with E-state index >= 15 is 0 Å². The van der Waals surface area contributed by atoms with E-state index in [9.17, 15) is 35.5 Å². The summed E-state index contributed by atoms with van der Waals surface area (Å²) in [6.07, 6.45) is -12.7. The van der Waals surface area contributed by atoms with Gasteiger partial charge in [-0.2, -0.15) is 26.3 Å². The molecule has 0 fully saturated rings. The van der Waals surface area contributed by atoms with Crippen molar-refractivity contribution >= 4 is 21.9 Å². The van der Waals surface area contributed by atoms with Gasteiger partial charge in [0.2, 0.25) is 0 Å². The molecular formula is C11H6BrF7O3. The average Bonchev–Trinajstić information content (AvgIpc) is 2.33. The zero-order valence-corrected chi connectivity index (χ0v) is 11.8. The van der Waals surface area contributed by atoms with Crippen LogP contribution in [-0.2, 0) is 16.1 Å². The molecule has 0 aliphatic rings. The number of carbonyl (C=O) groups is 1. The van der Waals surface area contributed by atoms with E-state index in [1.54, 1.807) is 0 Å². The fourth-order valence-corrected chi connectivity index (χ4v) is 1.61. The molecule has 0 unspecified atom stereocenters. The first-order chi connectivity index (χ1) is 9.80. The zero-order valence-electron chi connectivity index (χ0n) is 10.2. The van der Waals surface area contributed by atoms with Crippen molar-refractivity contribution in [2.24, 2.45) is 0 Å². The van der Waals surface area contributed by atoms with Crippen LogP contribution in [0.4, 0.5) is 30.7 Å². The van der Waals surface area contributed by atoms with Crippen molar-refractivity contribution in [3.8, 4) is 0 Å². The van der Waals surface area contributed by atoms with Crippen molar-refractivity contribution in [3.05, 3.63) is 34.1 Å². The molecule has 0 aromatic heterocycles. The lowest BCUT2D eigenvalue weighted by Crippen LogP contribution is -2.62. The molecule has 124 valence electrons. The Hall–Kier alpha value is -1.36. The molecule has 0 bridgehead atoms. The first-order valence-electron chi connectivity index (χ1n) is 5.27. The highest BCUT2D eigenvalue weighted by atomic mass is 79.9. The Morgan fingerprint density at radius 3 is 2.05 bits per heavy atom. The van der Waals surface area contributed by atoms with E-state index in [2.05, 4.69) is 20.7 Å². The Morgan fingerprint density at radius 2 is 1.64 bits per heavy atom. The van der Waals surface area contributed by atoms with Gasteiger partial charge in [0, 0.05) is 10.0 Å². The maximum atomic E-state index is 13.3. The number of ether oxygens (including phenoxy) is 1. The fraction of sp³-hybridized carbons (Fsp3) is 0.364. The van der Waals surface area contributed by atoms with Gasteiger partial charge in [-0.15, -0.1) is 0 Å². The lowest BCUT2D eigenvalue weighted by Gasteiger charge is -2.29. The van der Waals surface area contributed by atoms with Crippen LogP contribution in [0.3, 0.4) is 0 Å². The topological polar surface area (TPSA) is 46.5 Å². The molecule has 0 radical (unpaired) electrons. The van der Waals surface area contributed by atoms with Crippen LogP contribution >= 0.6 is 15.9 Å². The van der Waals surface area contributed by atoms with Crippen LogP contribution in [0, 0.1) is 5.82 Å². The normalized spacial score (nSPS) is 13.1. The van der Waals surface area contributed by atoms with Gasteiger partial charge in [-0.3, -0.25) is 0 Å². The van der Waals surface area contributed by atoms with E-state index in [0.29, 0.717) is 0 Å². The van der Waals surface area contributed by atoms with Crippen LogP contribution in [-0.4, -0.2) is 29.0 Å². The number of esters is 1. The molecule has 0 spiro atoms. The molecule has 1 aromatic carbocycles. The van der Waals surface area contributed by atoms with Crippen molar-refractivity contribution < 1.29 is 45.4 Å². The van der Waals surface area contributed by atoms with Gasteiger partial charge in [-0.25, -0.2) is 9.18 Å². The number of halogens is 8. The molecule has 11 heteroatoms. The van der Waals surface area contributed by atoms with E-state index in [1.165, 1.54) is 6.07 Å². The Morgan fingerprint density at radius 1 is 1.14 bits per heavy atom. The standard InChI is InChI=1S/C11H6BrF7O3/c12-6-2-1-5(7(13)3-6)4-22-8(20)9(21,10(14,15)16)11(17,18)19/h1-3,21H,4H2. The molecular weight excluding hydrogens is 393 g/mol. The number of alkyl halides is 6. The van der Waals surface area contributed by atoms with Crippen molar-refractivity contribution in [3.63, 3.8) is 0 Å². The molecule has 3 nitrogen and oxygen atoms in total. The number of rotatable bonds is 3. The third-order valence-electron chi connectivity index (χ3n) is 2.49. The van der Waals surface area contributed by atoms with Gasteiger partial charge in [-0.1, -0.05) is 22.0 Å². The monoisotopic (exact) mass is 398 g/mol. The first kappa shape index (κ1) is 18.7. The van der Waals surface area contributed by atoms with Crippen LogP contribution < -0.4 is 0 Å². The number of hydrogen-bond acceptors (Lipinski definition) is 3. The van der Waals surface area contributed by atoms with Gasteiger partial charge in [0.05, 0.1) is 0 Å². The molecule has 0 amide bonds. The summed E-state index contributed by atoms with van der Waals surface area (Å²) in [6.45, 7) is -1.22. The Balaban J connectivity index is 2.99. The molecule has 1 N–H and O–H groups in total. The second-order valence-corrected chi connectivity index (χ2v) is 4.93. The third-order valence-corrected chi connectivity index (χ3v) is 2.98. The van der Waals surface area contributed by atoms with Gasteiger partial charge < -0.3 is 9.84 Å². The second kappa shape index (κ2) is 6.03. The lowest BCUT2D eigenvalue weighted by molar-refractivity contribution is -0.357. The minimum atomic E-state index is -6.35. The summed E-state index contributed by atoms with van der Waals surface area (Å²) in [4.78, 5) is 11.1. The predicted molar refractivity (Wildman–Crippen MR) is 61.0 cm³/mol. The highest BCUT2D eigenvalue weighted by molar-refractivity contribution is 9.10. The number of benzene rings is 1. The molecule has 0 saturated heterocycles. The molecule has 22 heavy (non-hydrogen) atoms. The molecule has 1 aromatic rings. The molecule has 0 aliphatic carbocycles. The summed E-state index contributed by atoms with van der Waals surface area (Å²) < 4.78 is 91.5. The summed E-state index contributed by atoms with van der Waals surface area (Å²) in [6, 6.07) is 3.07. The summed E-state index contributed by atoms with van der Waals surface area (Å²) in [7, 11) is 0. The average molecular weight is 399 g/mol. The van der Waals surface area contributed by atoms with Gasteiger partial charge in [-0.05, 0) is 12.1 Å². The van der Waals surface area contributed by atoms with Crippen LogP contribution in [0.5, 0.6) is 0 Å². The van der Waals surface area contributed by atoms with Crippen molar-refractivity contribution in [1.82, 2.24) is 0 Å². The third kappa shape index (κ3) is 3.51. The maximum Gasteiger partial charge on any atom is 0.437 e. The van der Waals surface area contributed by atoms with E-state index in [4.69, 9.17) is 5.11 Å². The van der Waals surface area contributed by atoms with Gasteiger partial charge in [0.25, 0.3) is 0 Å². The predicted octanol–water partition coefficient (Wildman–Crippen LogP) is 3.49. The summed E-state index contributed by atoms with van der Waals surface area (Å²) in [5.41, 5.74) is -6.16. The van der Waals surface area contributed by atoms with Gasteiger partial charge in [0.15, 0.2) is 0 Å². The largest absolute Gasteiger partial charge is 0.458 e. The Labute approximate surface area is 126 Å². The Kier molecular flexibility index (Phi) is 5.12. The number of carbonyl (C=O) groups excluding carboxylic acids is 1. The van der Waals surface area contributed by atoms with Crippen LogP contribution in [0.1, 0.15) is 5.56 Å². The summed E-state index contributed by atoms with van der Waals surface area (Å²) in [5, 5.41) is 8.72. The molecule has 1 rings (SSSR count). The second-order valence-electron chi connectivity index (χ2n) is 4.02. The van der Waals surface area contributed by atoms with Gasteiger partial charge >= 0.3 is 23.9 Å². The van der Waals surface area contributed by atoms with Gasteiger partial charge in [0.1, 0.15) is 12.4 Å². The van der Waals surface area contributed by atoms with Crippen LogP contribution in [0.2, 0.25) is 0 Å². The zero-order chi connectivity index (χ0) is 17.3. The highest BCUT2D eigenvalue weighted by Gasteiger charge is 2.76. The van der Waals surface area contributed by atoms with E-state index in [0.717, 1.165) is 12.1 Å². The van der Waals surface area contributed by atoms with Crippen molar-refractivity contribution in [1.29, 1.82) is 0 Å². The quantitative estimate of drug-likeness (QED) is 0.626. The summed E-state index contributed by atoms with van der Waals surface area (Å²) >= 11 is 2.87. The van der Waals surface area contributed by atoms with E-state index in [1.807, 2.05) is 0 Å². The van der Waals surface area contributed by atoms with Crippen molar-refractivity contribution in [2.45, 2.75) is 24.6 Å². The number of hydrogen-bond donors (Lipinski definition) is 1. The molecule has 0 saturated carbocycles. The highest BCUT2D eigenvalue weighted by Crippen LogP contribution is 2.43. The molecule has 0 aliphatic heterocycles. The van der Waals surface area contributed by atoms with E-state index < -0.39 is 41.9 Å². The molecule has 0 atom stereocenters. The first-order valence-corrected chi connectivity index (χ1v) is 6.07. The summed E-state index contributed by atoms with van der Waals surface area (Å²) in [5.74, 6) is -4.01. The maximum absolute atomic E-state index is 13.3.